The molecule has 0 radical (unpaired) electrons. The number of fused-ring (bicyclic) bond motifs is 2. The predicted molar refractivity (Wildman–Crippen MR) is 104 cm³/mol. The number of hydrogen-bond acceptors (Lipinski definition) is 6. The van der Waals surface area contributed by atoms with E-state index < -0.39 is 0 Å². The number of rotatable bonds is 5. The Kier molecular flexibility index (Phi) is 3.82. The van der Waals surface area contributed by atoms with E-state index in [0.717, 1.165) is 29.6 Å². The summed E-state index contributed by atoms with van der Waals surface area (Å²) in [6.45, 7) is 0. The molecule has 1 aliphatic carbocycles. The molecule has 2 amide bonds. The first-order valence-corrected chi connectivity index (χ1v) is 9.80. The molecule has 0 saturated heterocycles. The molecule has 1 aromatic heterocycles. The maximum absolute atomic E-state index is 12.5. The zero-order chi connectivity index (χ0) is 18.4. The van der Waals surface area contributed by atoms with Crippen LogP contribution in [0.5, 0.6) is 0 Å². The number of thioether (sulfide) groups is 1. The molecule has 5 rings (SSSR count). The number of amides is 2. The number of anilines is 1. The number of carbonyl (C=O) groups is 2. The van der Waals surface area contributed by atoms with Gasteiger partial charge < -0.3 is 5.32 Å². The van der Waals surface area contributed by atoms with Crippen LogP contribution in [0.4, 0.5) is 5.82 Å². The number of carbonyl (C=O) groups excluding carboxylic acids is 2. The number of hydrogen-bond donors (Lipinski definition) is 1. The molecule has 2 heterocycles. The van der Waals surface area contributed by atoms with Gasteiger partial charge in [0.15, 0.2) is 5.16 Å². The number of imide groups is 1. The number of nitrogens with one attached hydrogen (secondary N) is 1. The third-order valence-electron chi connectivity index (χ3n) is 4.70. The van der Waals surface area contributed by atoms with Crippen molar-refractivity contribution < 1.29 is 9.59 Å². The molecule has 1 fully saturated rings. The summed E-state index contributed by atoms with van der Waals surface area (Å²) < 4.78 is 0. The van der Waals surface area contributed by atoms with E-state index in [0.29, 0.717) is 22.3 Å². The number of para-hydroxylation sites is 1. The highest BCUT2D eigenvalue weighted by Gasteiger charge is 2.35. The van der Waals surface area contributed by atoms with Gasteiger partial charge in [-0.15, -0.1) is 0 Å². The fourth-order valence-corrected chi connectivity index (χ4v) is 3.93. The molecule has 0 atom stereocenters. The molecule has 7 heteroatoms. The molecule has 27 heavy (non-hydrogen) atoms. The molecular weight excluding hydrogens is 360 g/mol. The molecule has 0 bridgehead atoms. The lowest BCUT2D eigenvalue weighted by atomic mass is 10.1. The fourth-order valence-electron chi connectivity index (χ4n) is 3.13. The number of benzene rings is 2. The van der Waals surface area contributed by atoms with Gasteiger partial charge in [0.1, 0.15) is 5.82 Å². The zero-order valence-corrected chi connectivity index (χ0v) is 15.2. The maximum Gasteiger partial charge on any atom is 0.262 e. The van der Waals surface area contributed by atoms with E-state index >= 15 is 0 Å². The summed E-state index contributed by atoms with van der Waals surface area (Å²) in [6.07, 6.45) is 2.30. The summed E-state index contributed by atoms with van der Waals surface area (Å²) in [5.74, 6) is 0.474. The molecule has 0 spiro atoms. The van der Waals surface area contributed by atoms with Crippen LogP contribution < -0.4 is 5.32 Å². The van der Waals surface area contributed by atoms with Crippen LogP contribution in [0, 0.1) is 0 Å². The van der Waals surface area contributed by atoms with Gasteiger partial charge in [-0.05, 0) is 37.1 Å². The Morgan fingerprint density at radius 2 is 1.63 bits per heavy atom. The highest BCUT2D eigenvalue weighted by Crippen LogP contribution is 2.31. The number of aromatic nitrogens is 2. The van der Waals surface area contributed by atoms with Gasteiger partial charge in [-0.1, -0.05) is 36.0 Å². The smallest absolute Gasteiger partial charge is 0.262 e. The van der Waals surface area contributed by atoms with Crippen molar-refractivity contribution in [3.8, 4) is 0 Å². The van der Waals surface area contributed by atoms with Gasteiger partial charge in [0, 0.05) is 11.4 Å². The zero-order valence-electron chi connectivity index (χ0n) is 14.4. The van der Waals surface area contributed by atoms with Gasteiger partial charge in [-0.2, -0.15) is 0 Å². The Hall–Kier alpha value is -2.93. The van der Waals surface area contributed by atoms with Crippen LogP contribution in [0.25, 0.3) is 10.9 Å². The topological polar surface area (TPSA) is 75.2 Å². The Bertz CT molecular complexity index is 1050. The molecule has 1 saturated carbocycles. The van der Waals surface area contributed by atoms with Gasteiger partial charge in [-0.3, -0.25) is 14.5 Å². The van der Waals surface area contributed by atoms with Gasteiger partial charge >= 0.3 is 0 Å². The molecule has 1 N–H and O–H groups in total. The molecule has 3 aromatic rings. The lowest BCUT2D eigenvalue weighted by Crippen LogP contribution is -2.29. The maximum atomic E-state index is 12.5. The van der Waals surface area contributed by atoms with Crippen LogP contribution in [-0.4, -0.2) is 38.6 Å². The third-order valence-corrected chi connectivity index (χ3v) is 5.53. The Labute approximate surface area is 160 Å². The van der Waals surface area contributed by atoms with Crippen LogP contribution in [0.15, 0.2) is 53.7 Å². The molecule has 6 nitrogen and oxygen atoms in total. The Morgan fingerprint density at radius 3 is 2.33 bits per heavy atom. The van der Waals surface area contributed by atoms with Gasteiger partial charge in [0.2, 0.25) is 0 Å². The van der Waals surface area contributed by atoms with Crippen molar-refractivity contribution in [2.24, 2.45) is 0 Å². The van der Waals surface area contributed by atoms with Gasteiger partial charge in [0.05, 0.1) is 22.5 Å². The highest BCUT2D eigenvalue weighted by atomic mass is 32.2. The number of nitrogens with zero attached hydrogens (tertiary/aromatic N) is 3. The molecule has 1 aliphatic heterocycles. The van der Waals surface area contributed by atoms with Gasteiger partial charge in [-0.25, -0.2) is 9.97 Å². The summed E-state index contributed by atoms with van der Waals surface area (Å²) in [7, 11) is 0. The van der Waals surface area contributed by atoms with Crippen molar-refractivity contribution in [3.05, 3.63) is 59.7 Å². The van der Waals surface area contributed by atoms with E-state index in [1.807, 2.05) is 24.3 Å². The van der Waals surface area contributed by atoms with Crippen molar-refractivity contribution in [3.63, 3.8) is 0 Å². The van der Waals surface area contributed by atoms with E-state index in [4.69, 9.17) is 0 Å². The quantitative estimate of drug-likeness (QED) is 0.417. The van der Waals surface area contributed by atoms with Crippen LogP contribution in [0.3, 0.4) is 0 Å². The van der Waals surface area contributed by atoms with Crippen molar-refractivity contribution in [1.29, 1.82) is 0 Å². The monoisotopic (exact) mass is 376 g/mol. The summed E-state index contributed by atoms with van der Waals surface area (Å²) in [4.78, 5) is 35.5. The van der Waals surface area contributed by atoms with Crippen LogP contribution in [0.1, 0.15) is 33.6 Å². The average Bonchev–Trinajstić information content (AvgIpc) is 3.48. The summed E-state index contributed by atoms with van der Waals surface area (Å²) in [5.41, 5.74) is 1.76. The van der Waals surface area contributed by atoms with Gasteiger partial charge in [0.25, 0.3) is 11.8 Å². The summed E-state index contributed by atoms with van der Waals surface area (Å²) in [5, 5.41) is 4.98. The lowest BCUT2D eigenvalue weighted by molar-refractivity contribution is 0.0684. The minimum Gasteiger partial charge on any atom is -0.367 e. The minimum atomic E-state index is -0.264. The first kappa shape index (κ1) is 16.3. The Morgan fingerprint density at radius 1 is 0.963 bits per heavy atom. The van der Waals surface area contributed by atoms with E-state index in [1.54, 1.807) is 24.3 Å². The second-order valence-corrected chi connectivity index (χ2v) is 7.56. The fraction of sp³-hybridized carbons (Fsp3) is 0.200. The van der Waals surface area contributed by atoms with Crippen LogP contribution in [-0.2, 0) is 0 Å². The van der Waals surface area contributed by atoms with E-state index in [-0.39, 0.29) is 17.7 Å². The first-order valence-electron chi connectivity index (χ1n) is 8.82. The third kappa shape index (κ3) is 2.94. The molecular formula is C20H16N4O2S. The normalized spacial score (nSPS) is 16.1. The van der Waals surface area contributed by atoms with Crippen molar-refractivity contribution in [2.45, 2.75) is 24.0 Å². The summed E-state index contributed by atoms with van der Waals surface area (Å²) >= 11 is 1.29. The van der Waals surface area contributed by atoms with Crippen LogP contribution in [0.2, 0.25) is 0 Å². The van der Waals surface area contributed by atoms with Crippen LogP contribution >= 0.6 is 11.8 Å². The molecule has 2 aliphatic rings. The SMILES string of the molecule is O=C1c2ccccc2C(=O)N1CSc1nc(NC2CC2)c2ccccc2n1. The predicted octanol–water partition coefficient (Wildman–Crippen LogP) is 3.55. The first-order chi connectivity index (χ1) is 13.2. The largest absolute Gasteiger partial charge is 0.367 e. The van der Waals surface area contributed by atoms with Crippen molar-refractivity contribution in [2.75, 3.05) is 11.2 Å². The minimum absolute atomic E-state index is 0.188. The summed E-state index contributed by atoms with van der Waals surface area (Å²) in [6, 6.07) is 15.2. The molecule has 0 unspecified atom stereocenters. The molecule has 134 valence electrons. The van der Waals surface area contributed by atoms with Crippen molar-refractivity contribution >= 4 is 40.3 Å². The second-order valence-electron chi connectivity index (χ2n) is 6.65. The highest BCUT2D eigenvalue weighted by molar-refractivity contribution is 7.99. The van der Waals surface area contributed by atoms with E-state index in [1.165, 1.54) is 16.7 Å². The van der Waals surface area contributed by atoms with Crippen molar-refractivity contribution in [1.82, 2.24) is 14.9 Å². The molecule has 2 aromatic carbocycles. The lowest BCUT2D eigenvalue weighted by Gasteiger charge is -2.14. The Balaban J connectivity index is 1.41. The standard InChI is InChI=1S/C20H16N4O2S/c25-18-13-5-1-2-6-14(13)19(26)24(18)11-27-20-22-16-8-4-3-7-15(16)17(23-20)21-12-9-10-12/h1-8,12H,9-11H2,(H,21,22,23). The average molecular weight is 376 g/mol. The van der Waals surface area contributed by atoms with E-state index in [2.05, 4.69) is 15.3 Å². The second kappa shape index (κ2) is 6.35. The van der Waals surface area contributed by atoms with E-state index in [9.17, 15) is 9.59 Å².